The van der Waals surface area contributed by atoms with Crippen LogP contribution in [0.15, 0.2) is 24.3 Å². The van der Waals surface area contributed by atoms with Crippen LogP contribution in [0.1, 0.15) is 12.5 Å². The van der Waals surface area contributed by atoms with E-state index in [1.54, 1.807) is 23.8 Å². The van der Waals surface area contributed by atoms with Crippen LogP contribution in [0, 0.1) is 0 Å². The number of hydrogen-bond acceptors (Lipinski definition) is 2. The summed E-state index contributed by atoms with van der Waals surface area (Å²) in [4.78, 5) is 26.5. The molecule has 0 bridgehead atoms. The number of hydrogen-bond donors (Lipinski definition) is 0. The molecule has 0 aliphatic carbocycles. The summed E-state index contributed by atoms with van der Waals surface area (Å²) in [5, 5.41) is 0. The molecular formula is C13H16N2O2. The van der Waals surface area contributed by atoms with Gasteiger partial charge in [0.1, 0.15) is 5.78 Å². The molecule has 0 atom stereocenters. The summed E-state index contributed by atoms with van der Waals surface area (Å²) >= 11 is 0. The van der Waals surface area contributed by atoms with E-state index in [2.05, 4.69) is 0 Å². The van der Waals surface area contributed by atoms with Gasteiger partial charge >= 0.3 is 6.03 Å². The molecule has 4 heteroatoms. The monoisotopic (exact) mass is 232 g/mol. The van der Waals surface area contributed by atoms with Gasteiger partial charge in [-0.05, 0) is 18.6 Å². The van der Waals surface area contributed by atoms with Gasteiger partial charge in [0.2, 0.25) is 0 Å². The van der Waals surface area contributed by atoms with Crippen molar-refractivity contribution in [3.8, 4) is 0 Å². The van der Waals surface area contributed by atoms with Gasteiger partial charge in [-0.3, -0.25) is 9.69 Å². The van der Waals surface area contributed by atoms with Gasteiger partial charge in [-0.2, -0.15) is 0 Å². The number of rotatable bonds is 3. The standard InChI is InChI=1S/C13H16N2O2/c1-10(16)9-11-5-3-4-6-12(11)15-8-7-14(2)13(15)17/h3-6H,7-9H2,1-2H3. The van der Waals surface area contributed by atoms with Crippen molar-refractivity contribution in [1.29, 1.82) is 0 Å². The van der Waals surface area contributed by atoms with Crippen molar-refractivity contribution in [1.82, 2.24) is 4.90 Å². The van der Waals surface area contributed by atoms with E-state index in [9.17, 15) is 9.59 Å². The number of carbonyl (C=O) groups excluding carboxylic acids is 2. The van der Waals surface area contributed by atoms with Gasteiger partial charge in [-0.25, -0.2) is 4.79 Å². The average molecular weight is 232 g/mol. The summed E-state index contributed by atoms with van der Waals surface area (Å²) in [6.07, 6.45) is 0.379. The Labute approximate surface area is 101 Å². The minimum absolute atomic E-state index is 0.000928. The quantitative estimate of drug-likeness (QED) is 0.795. The third-order valence-electron chi connectivity index (χ3n) is 2.94. The molecule has 0 spiro atoms. The molecule has 0 radical (unpaired) electrons. The smallest absolute Gasteiger partial charge is 0.324 e. The lowest BCUT2D eigenvalue weighted by Crippen LogP contribution is -2.30. The maximum atomic E-state index is 11.9. The highest BCUT2D eigenvalue weighted by Crippen LogP contribution is 2.24. The molecule has 1 saturated heterocycles. The number of anilines is 1. The highest BCUT2D eigenvalue weighted by atomic mass is 16.2. The molecule has 0 N–H and O–H groups in total. The van der Waals surface area contributed by atoms with Crippen LogP contribution in [0.5, 0.6) is 0 Å². The molecule has 2 rings (SSSR count). The number of ketones is 1. The van der Waals surface area contributed by atoms with Crippen molar-refractivity contribution in [3.63, 3.8) is 0 Å². The second-order valence-corrected chi connectivity index (χ2v) is 4.36. The van der Waals surface area contributed by atoms with Gasteiger partial charge in [0, 0.05) is 32.2 Å². The zero-order chi connectivity index (χ0) is 12.4. The number of urea groups is 1. The van der Waals surface area contributed by atoms with Crippen molar-refractivity contribution in [2.24, 2.45) is 0 Å². The van der Waals surface area contributed by atoms with Crippen molar-refractivity contribution >= 4 is 17.5 Å². The van der Waals surface area contributed by atoms with E-state index in [4.69, 9.17) is 0 Å². The fourth-order valence-corrected chi connectivity index (χ4v) is 2.06. The lowest BCUT2D eigenvalue weighted by atomic mass is 10.1. The predicted octanol–water partition coefficient (Wildman–Crippen LogP) is 1.69. The van der Waals surface area contributed by atoms with Crippen molar-refractivity contribution < 1.29 is 9.59 Å². The average Bonchev–Trinajstić information content (AvgIpc) is 2.60. The lowest BCUT2D eigenvalue weighted by Gasteiger charge is -2.19. The fraction of sp³-hybridized carbons (Fsp3) is 0.385. The number of benzene rings is 1. The first-order chi connectivity index (χ1) is 8.09. The molecule has 17 heavy (non-hydrogen) atoms. The van der Waals surface area contributed by atoms with Crippen LogP contribution >= 0.6 is 0 Å². The molecule has 4 nitrogen and oxygen atoms in total. The molecule has 1 heterocycles. The first-order valence-corrected chi connectivity index (χ1v) is 5.69. The van der Waals surface area contributed by atoms with E-state index < -0.39 is 0 Å². The van der Waals surface area contributed by atoms with Crippen LogP contribution in [-0.4, -0.2) is 36.9 Å². The van der Waals surface area contributed by atoms with Gasteiger partial charge in [-0.1, -0.05) is 18.2 Å². The van der Waals surface area contributed by atoms with Crippen LogP contribution < -0.4 is 4.90 Å². The minimum atomic E-state index is 0.000928. The van der Waals surface area contributed by atoms with E-state index in [1.807, 2.05) is 24.3 Å². The second kappa shape index (κ2) is 4.57. The van der Waals surface area contributed by atoms with Gasteiger partial charge in [-0.15, -0.1) is 0 Å². The Kier molecular flexibility index (Phi) is 3.13. The molecule has 0 aromatic heterocycles. The molecule has 0 saturated carbocycles. The number of nitrogens with zero attached hydrogens (tertiary/aromatic N) is 2. The number of likely N-dealkylation sites (N-methyl/N-ethyl adjacent to an activating group) is 1. The summed E-state index contributed by atoms with van der Waals surface area (Å²) in [6.45, 7) is 2.98. The number of amides is 2. The van der Waals surface area contributed by atoms with E-state index in [0.29, 0.717) is 13.0 Å². The van der Waals surface area contributed by atoms with Gasteiger partial charge in [0.05, 0.1) is 0 Å². The molecule has 1 aliphatic heterocycles. The molecule has 1 aromatic carbocycles. The van der Waals surface area contributed by atoms with Crippen LogP contribution in [-0.2, 0) is 11.2 Å². The van der Waals surface area contributed by atoms with Crippen LogP contribution in [0.4, 0.5) is 10.5 Å². The molecular weight excluding hydrogens is 216 g/mol. The fourth-order valence-electron chi connectivity index (χ4n) is 2.06. The van der Waals surface area contributed by atoms with Crippen LogP contribution in [0.25, 0.3) is 0 Å². The van der Waals surface area contributed by atoms with Crippen molar-refractivity contribution in [3.05, 3.63) is 29.8 Å². The summed E-state index contributed by atoms with van der Waals surface area (Å²) < 4.78 is 0. The summed E-state index contributed by atoms with van der Waals surface area (Å²) in [5.41, 5.74) is 1.78. The third kappa shape index (κ3) is 2.30. The molecule has 1 aromatic rings. The molecule has 90 valence electrons. The highest BCUT2D eigenvalue weighted by molar-refractivity contribution is 5.95. The SMILES string of the molecule is CC(=O)Cc1ccccc1N1CCN(C)C1=O. The zero-order valence-electron chi connectivity index (χ0n) is 10.1. The number of Topliss-reactive ketones (excluding diaryl/α,β-unsaturated/α-hetero) is 1. The number of para-hydroxylation sites is 1. The summed E-state index contributed by atoms with van der Waals surface area (Å²) in [6, 6.07) is 7.59. The first kappa shape index (κ1) is 11.6. The van der Waals surface area contributed by atoms with E-state index >= 15 is 0 Å². The lowest BCUT2D eigenvalue weighted by molar-refractivity contribution is -0.116. The highest BCUT2D eigenvalue weighted by Gasteiger charge is 2.27. The van der Waals surface area contributed by atoms with E-state index in [-0.39, 0.29) is 11.8 Å². The van der Waals surface area contributed by atoms with E-state index in [0.717, 1.165) is 17.8 Å². The molecule has 1 fully saturated rings. The van der Waals surface area contributed by atoms with Gasteiger partial charge in [0.25, 0.3) is 0 Å². The number of carbonyl (C=O) groups is 2. The van der Waals surface area contributed by atoms with Crippen LogP contribution in [0.2, 0.25) is 0 Å². The Morgan fingerprint density at radius 3 is 2.59 bits per heavy atom. The Bertz CT molecular complexity index is 456. The van der Waals surface area contributed by atoms with Gasteiger partial charge in [0.15, 0.2) is 0 Å². The Morgan fingerprint density at radius 2 is 2.00 bits per heavy atom. The molecule has 2 amide bonds. The first-order valence-electron chi connectivity index (χ1n) is 5.69. The van der Waals surface area contributed by atoms with Gasteiger partial charge < -0.3 is 4.90 Å². The summed E-state index contributed by atoms with van der Waals surface area (Å²) in [7, 11) is 1.79. The largest absolute Gasteiger partial charge is 0.326 e. The summed E-state index contributed by atoms with van der Waals surface area (Å²) in [5.74, 6) is 0.109. The Balaban J connectivity index is 2.32. The molecule has 0 unspecified atom stereocenters. The molecule has 1 aliphatic rings. The normalized spacial score (nSPS) is 15.5. The van der Waals surface area contributed by atoms with Crippen LogP contribution in [0.3, 0.4) is 0 Å². The maximum Gasteiger partial charge on any atom is 0.324 e. The Hall–Kier alpha value is -1.84. The third-order valence-corrected chi connectivity index (χ3v) is 2.94. The second-order valence-electron chi connectivity index (χ2n) is 4.36. The van der Waals surface area contributed by atoms with Crippen molar-refractivity contribution in [2.75, 3.05) is 25.0 Å². The zero-order valence-corrected chi connectivity index (χ0v) is 10.1. The van der Waals surface area contributed by atoms with E-state index in [1.165, 1.54) is 0 Å². The topological polar surface area (TPSA) is 40.6 Å². The maximum absolute atomic E-state index is 11.9. The van der Waals surface area contributed by atoms with Crippen molar-refractivity contribution in [2.45, 2.75) is 13.3 Å². The minimum Gasteiger partial charge on any atom is -0.326 e. The predicted molar refractivity (Wildman–Crippen MR) is 66.2 cm³/mol. The Morgan fingerprint density at radius 1 is 1.29 bits per heavy atom.